The Morgan fingerprint density at radius 1 is 1.17 bits per heavy atom. The highest BCUT2D eigenvalue weighted by Gasteiger charge is 2.34. The number of carboxylic acid groups (broad SMARTS) is 1. The lowest BCUT2D eigenvalue weighted by Crippen LogP contribution is -2.45. The number of carbonyl (C=O) groups is 2. The number of pyridine rings is 1. The lowest BCUT2D eigenvalue weighted by atomic mass is 10.0. The Labute approximate surface area is 213 Å². The van der Waals surface area contributed by atoms with Crippen molar-refractivity contribution in [3.05, 3.63) is 42.1 Å². The van der Waals surface area contributed by atoms with Crippen molar-refractivity contribution in [2.24, 2.45) is 0 Å². The Bertz CT molecular complexity index is 1010. The molecular weight excluding hydrogens is 495 g/mol. The minimum atomic E-state index is -4.42. The summed E-state index contributed by atoms with van der Waals surface area (Å²) in [6.45, 7) is 8.46. The average Bonchev–Trinajstić information content (AvgIpc) is 2.79. The van der Waals surface area contributed by atoms with Crippen molar-refractivity contribution in [3.8, 4) is 11.1 Å². The van der Waals surface area contributed by atoms with Crippen LogP contribution in [0.15, 0.2) is 41.4 Å². The van der Waals surface area contributed by atoms with E-state index in [2.05, 4.69) is 15.2 Å². The van der Waals surface area contributed by atoms with E-state index < -0.39 is 17.8 Å². The van der Waals surface area contributed by atoms with Crippen molar-refractivity contribution >= 4 is 30.1 Å². The second kappa shape index (κ2) is 13.4. The van der Waals surface area contributed by atoms with Gasteiger partial charge in [0.2, 0.25) is 0 Å². The number of aromatic nitrogens is 1. The molecule has 0 unspecified atom stereocenters. The number of carbonyl (C=O) groups excluding carboxylic acids is 1. The van der Waals surface area contributed by atoms with Gasteiger partial charge in [0.1, 0.15) is 5.82 Å². The lowest BCUT2D eigenvalue weighted by Gasteiger charge is -2.33. The molecule has 0 aliphatic carbocycles. The Hall–Kier alpha value is -2.95. The summed E-state index contributed by atoms with van der Waals surface area (Å²) in [4.78, 5) is 26.9. The number of nitrogens with zero attached hydrogens (tertiary/aromatic N) is 2. The van der Waals surface area contributed by atoms with Gasteiger partial charge in [-0.1, -0.05) is 19.9 Å². The molecule has 1 aromatic heterocycles. The Morgan fingerprint density at radius 2 is 1.78 bits per heavy atom. The summed E-state index contributed by atoms with van der Waals surface area (Å²) in [6.07, 6.45) is -1.92. The van der Waals surface area contributed by atoms with Gasteiger partial charge in [0.05, 0.1) is 11.7 Å². The molecular formula is C25H32F3N3O4S. The van der Waals surface area contributed by atoms with Gasteiger partial charge in [0.15, 0.2) is 0 Å². The molecule has 0 radical (unpaired) electrons. The second-order valence-corrected chi connectivity index (χ2v) is 10.4. The maximum absolute atomic E-state index is 13.7. The van der Waals surface area contributed by atoms with Crippen molar-refractivity contribution < 1.29 is 32.6 Å². The number of benzene rings is 1. The first kappa shape index (κ1) is 29.3. The van der Waals surface area contributed by atoms with Crippen LogP contribution in [0.1, 0.15) is 46.1 Å². The van der Waals surface area contributed by atoms with Crippen LogP contribution in [-0.2, 0) is 15.7 Å². The number of hydrogen-bond acceptors (Lipinski definition) is 6. The second-order valence-electron chi connectivity index (χ2n) is 8.74. The Kier molecular flexibility index (Phi) is 10.9. The van der Waals surface area contributed by atoms with Crippen LogP contribution >= 0.6 is 11.8 Å². The molecule has 1 fully saturated rings. The van der Waals surface area contributed by atoms with E-state index in [0.717, 1.165) is 12.8 Å². The van der Waals surface area contributed by atoms with Crippen LogP contribution in [-0.4, -0.2) is 53.1 Å². The summed E-state index contributed by atoms with van der Waals surface area (Å²) in [5.74, 6) is 0.713. The number of nitrogens with one attached hydrogen (secondary N) is 1. The number of alkyl carbamates (subject to hydrolysis) is 1. The van der Waals surface area contributed by atoms with Gasteiger partial charge in [0.25, 0.3) is 6.47 Å². The Balaban J connectivity index is 0.00000145. The number of anilines is 1. The largest absolute Gasteiger partial charge is 0.483 e. The van der Waals surface area contributed by atoms with E-state index in [9.17, 15) is 18.0 Å². The third kappa shape index (κ3) is 8.92. The summed E-state index contributed by atoms with van der Waals surface area (Å²) in [5.41, 5.74) is 0.580. The lowest BCUT2D eigenvalue weighted by molar-refractivity contribution is -0.139. The van der Waals surface area contributed by atoms with Crippen molar-refractivity contribution in [1.29, 1.82) is 0 Å². The maximum Gasteiger partial charge on any atom is 0.417 e. The zero-order chi connectivity index (χ0) is 26.9. The van der Waals surface area contributed by atoms with E-state index in [1.165, 1.54) is 17.8 Å². The number of halogens is 3. The first-order chi connectivity index (χ1) is 16.9. The first-order valence-corrected chi connectivity index (χ1v) is 12.5. The topological polar surface area (TPSA) is 91.8 Å². The van der Waals surface area contributed by atoms with Crippen LogP contribution in [0.4, 0.5) is 23.8 Å². The molecule has 36 heavy (non-hydrogen) atoms. The van der Waals surface area contributed by atoms with Crippen molar-refractivity contribution in [2.75, 3.05) is 18.0 Å². The molecule has 0 saturated carbocycles. The number of alkyl halides is 3. The third-order valence-corrected chi connectivity index (χ3v) is 6.29. The molecule has 3 rings (SSSR count). The standard InChI is InChI=1S/C24H30F3N3O2S.CH2O2/c1-15(2)32-23(31)29-19-8-11-30(12-9-19)22-14-18(7-10-28-22)17-5-6-21(33-16(3)4)20(13-17)24(25,26)27;2-1-3/h5-7,10,13-16,19H,8-9,11-12H2,1-4H3,(H,29,31);1H,(H,2,3). The molecule has 2 N–H and O–H groups in total. The summed E-state index contributed by atoms with van der Waals surface area (Å²) in [7, 11) is 0. The summed E-state index contributed by atoms with van der Waals surface area (Å²) >= 11 is 1.21. The fourth-order valence-electron chi connectivity index (χ4n) is 3.73. The SMILES string of the molecule is CC(C)OC(=O)NC1CCN(c2cc(-c3ccc(SC(C)C)c(C(F)(F)F)c3)ccn2)CC1.O=CO. The molecule has 1 amide bonds. The zero-order valence-corrected chi connectivity index (χ0v) is 21.5. The van der Waals surface area contributed by atoms with Crippen LogP contribution in [0.5, 0.6) is 0 Å². The Morgan fingerprint density at radius 3 is 2.33 bits per heavy atom. The number of amides is 1. The minimum Gasteiger partial charge on any atom is -0.483 e. The van der Waals surface area contributed by atoms with Crippen molar-refractivity contribution in [1.82, 2.24) is 10.3 Å². The summed E-state index contributed by atoms with van der Waals surface area (Å²) < 4.78 is 46.2. The molecule has 0 bridgehead atoms. The highest BCUT2D eigenvalue weighted by molar-refractivity contribution is 8.00. The molecule has 11 heteroatoms. The van der Waals surface area contributed by atoms with Crippen molar-refractivity contribution in [3.63, 3.8) is 0 Å². The number of piperidine rings is 1. The molecule has 0 atom stereocenters. The fourth-order valence-corrected chi connectivity index (χ4v) is 4.68. The molecule has 2 aromatic rings. The summed E-state index contributed by atoms with van der Waals surface area (Å²) in [6, 6.07) is 8.08. The minimum absolute atomic E-state index is 0.0241. The van der Waals surface area contributed by atoms with E-state index >= 15 is 0 Å². The predicted octanol–water partition coefficient (Wildman–Crippen LogP) is 6.07. The van der Waals surface area contributed by atoms with Crippen LogP contribution in [0.2, 0.25) is 0 Å². The van der Waals surface area contributed by atoms with Gasteiger partial charge in [-0.2, -0.15) is 13.2 Å². The van der Waals surface area contributed by atoms with E-state index in [4.69, 9.17) is 14.6 Å². The predicted molar refractivity (Wildman–Crippen MR) is 134 cm³/mol. The number of rotatable bonds is 6. The first-order valence-electron chi connectivity index (χ1n) is 11.6. The van der Waals surface area contributed by atoms with Crippen LogP contribution in [0, 0.1) is 0 Å². The normalized spacial score (nSPS) is 14.3. The average molecular weight is 528 g/mol. The molecule has 1 aromatic carbocycles. The van der Waals surface area contributed by atoms with Gasteiger partial charge in [-0.05, 0) is 62.1 Å². The molecule has 1 saturated heterocycles. The number of ether oxygens (including phenoxy) is 1. The van der Waals surface area contributed by atoms with Gasteiger partial charge in [-0.3, -0.25) is 4.79 Å². The van der Waals surface area contributed by atoms with Crippen LogP contribution in [0.3, 0.4) is 0 Å². The zero-order valence-electron chi connectivity index (χ0n) is 20.7. The quantitative estimate of drug-likeness (QED) is 0.348. The smallest absolute Gasteiger partial charge is 0.417 e. The van der Waals surface area contributed by atoms with E-state index in [-0.39, 0.29) is 28.8 Å². The molecule has 7 nitrogen and oxygen atoms in total. The van der Waals surface area contributed by atoms with E-state index in [1.807, 2.05) is 19.9 Å². The van der Waals surface area contributed by atoms with Crippen LogP contribution in [0.25, 0.3) is 11.1 Å². The van der Waals surface area contributed by atoms with E-state index in [0.29, 0.717) is 30.0 Å². The molecule has 198 valence electrons. The van der Waals surface area contributed by atoms with Gasteiger partial charge in [-0.25, -0.2) is 9.78 Å². The van der Waals surface area contributed by atoms with Crippen LogP contribution < -0.4 is 10.2 Å². The fraction of sp³-hybridized carbons (Fsp3) is 0.480. The number of thioether (sulfide) groups is 1. The third-order valence-electron chi connectivity index (χ3n) is 5.21. The van der Waals surface area contributed by atoms with Crippen molar-refractivity contribution in [2.45, 2.75) is 69.0 Å². The monoisotopic (exact) mass is 527 g/mol. The molecule has 1 aliphatic rings. The van der Waals surface area contributed by atoms with Gasteiger partial charge < -0.3 is 20.1 Å². The van der Waals surface area contributed by atoms with Gasteiger partial charge in [0, 0.05) is 35.5 Å². The molecule has 0 spiro atoms. The van der Waals surface area contributed by atoms with Gasteiger partial charge in [-0.15, -0.1) is 11.8 Å². The summed E-state index contributed by atoms with van der Waals surface area (Å²) in [5, 5.41) is 9.82. The highest BCUT2D eigenvalue weighted by Crippen LogP contribution is 2.40. The highest BCUT2D eigenvalue weighted by atomic mass is 32.2. The van der Waals surface area contributed by atoms with Gasteiger partial charge >= 0.3 is 12.3 Å². The molecule has 1 aliphatic heterocycles. The molecule has 2 heterocycles. The van der Waals surface area contributed by atoms with E-state index in [1.54, 1.807) is 38.2 Å². The maximum atomic E-state index is 13.7. The number of hydrogen-bond donors (Lipinski definition) is 2.